The molecule has 0 spiro atoms. The van der Waals surface area contributed by atoms with E-state index in [4.69, 9.17) is 4.74 Å². The van der Waals surface area contributed by atoms with Gasteiger partial charge in [0.25, 0.3) is 5.17 Å². The van der Waals surface area contributed by atoms with Gasteiger partial charge in [0.1, 0.15) is 6.61 Å². The van der Waals surface area contributed by atoms with E-state index < -0.39 is 0 Å². The van der Waals surface area contributed by atoms with Crippen LogP contribution in [0.15, 0.2) is 30.3 Å². The van der Waals surface area contributed by atoms with Crippen LogP contribution < -0.4 is 5.32 Å². The third-order valence-electron chi connectivity index (χ3n) is 1.55. The van der Waals surface area contributed by atoms with Gasteiger partial charge >= 0.3 is 0 Å². The van der Waals surface area contributed by atoms with E-state index in [0.717, 1.165) is 13.2 Å². The molecule has 0 atom stereocenters. The number of aryl methyl sites for hydroxylation is 1. The molecule has 0 unspecified atom stereocenters. The summed E-state index contributed by atoms with van der Waals surface area (Å²) >= 11 is 4.59. The number of thiocarbonyl (C=S) groups is 1. The lowest BCUT2D eigenvalue weighted by Gasteiger charge is -1.85. The Bertz CT molecular complexity index is 253. The molecule has 1 aromatic rings. The lowest BCUT2D eigenvalue weighted by Crippen LogP contribution is -2.11. The van der Waals surface area contributed by atoms with E-state index in [1.165, 1.54) is 5.56 Å². The topological polar surface area (TPSA) is 21.3 Å². The molecule has 13 heavy (non-hydrogen) atoms. The molecule has 1 saturated heterocycles. The minimum absolute atomic E-state index is 0.537. The Balaban J connectivity index is 0.000000132. The maximum atomic E-state index is 4.77. The largest absolute Gasteiger partial charge is 0.469 e. The van der Waals surface area contributed by atoms with Gasteiger partial charge in [0.05, 0.1) is 6.54 Å². The summed E-state index contributed by atoms with van der Waals surface area (Å²) < 4.78 is 4.77. The molecule has 1 heterocycles. The number of hydrogen-bond donors (Lipinski definition) is 1. The van der Waals surface area contributed by atoms with Gasteiger partial charge in [-0.05, 0) is 19.1 Å². The first-order valence-corrected chi connectivity index (χ1v) is 4.62. The van der Waals surface area contributed by atoms with E-state index in [1.54, 1.807) is 0 Å². The van der Waals surface area contributed by atoms with Crippen LogP contribution in [0.5, 0.6) is 0 Å². The summed E-state index contributed by atoms with van der Waals surface area (Å²) in [6.45, 7) is 3.69. The third-order valence-corrected chi connectivity index (χ3v) is 1.81. The van der Waals surface area contributed by atoms with Crippen molar-refractivity contribution in [2.24, 2.45) is 0 Å². The van der Waals surface area contributed by atoms with Crippen molar-refractivity contribution in [3.8, 4) is 0 Å². The summed E-state index contributed by atoms with van der Waals surface area (Å²) in [5, 5.41) is 3.37. The van der Waals surface area contributed by atoms with E-state index >= 15 is 0 Å². The predicted molar refractivity (Wildman–Crippen MR) is 57.7 cm³/mol. The van der Waals surface area contributed by atoms with Crippen molar-refractivity contribution in [2.75, 3.05) is 13.2 Å². The second-order valence-corrected chi connectivity index (χ2v) is 3.09. The molecule has 1 aliphatic heterocycles. The summed E-state index contributed by atoms with van der Waals surface area (Å²) in [4.78, 5) is 0. The lowest BCUT2D eigenvalue weighted by atomic mass is 10.2. The monoisotopic (exact) mass is 195 g/mol. The fraction of sp³-hybridized carbons (Fsp3) is 0.300. The maximum absolute atomic E-state index is 4.77. The minimum atomic E-state index is 0.537. The van der Waals surface area contributed by atoms with E-state index in [9.17, 15) is 0 Å². The predicted octanol–water partition coefficient (Wildman–Crippen LogP) is 1.89. The van der Waals surface area contributed by atoms with Crippen molar-refractivity contribution in [2.45, 2.75) is 6.92 Å². The van der Waals surface area contributed by atoms with Crippen LogP contribution in [0.25, 0.3) is 0 Å². The van der Waals surface area contributed by atoms with Crippen molar-refractivity contribution in [1.29, 1.82) is 0 Å². The number of rotatable bonds is 0. The molecule has 2 rings (SSSR count). The second kappa shape index (κ2) is 5.54. The molecule has 0 saturated carbocycles. The molecular weight excluding hydrogens is 182 g/mol. The average Bonchev–Trinajstić information content (AvgIpc) is 2.58. The summed E-state index contributed by atoms with van der Waals surface area (Å²) in [6, 6.07) is 10.3. The molecule has 1 N–H and O–H groups in total. The number of benzene rings is 1. The van der Waals surface area contributed by atoms with E-state index in [0.29, 0.717) is 5.17 Å². The fourth-order valence-corrected chi connectivity index (χ4v) is 1.07. The highest BCUT2D eigenvalue weighted by atomic mass is 32.1. The Hall–Kier alpha value is -1.09. The first-order chi connectivity index (χ1) is 6.29. The van der Waals surface area contributed by atoms with Crippen LogP contribution in [0.1, 0.15) is 5.56 Å². The lowest BCUT2D eigenvalue weighted by molar-refractivity contribution is 0.361. The zero-order valence-corrected chi connectivity index (χ0v) is 8.43. The van der Waals surface area contributed by atoms with Crippen LogP contribution in [0.3, 0.4) is 0 Å². The summed E-state index contributed by atoms with van der Waals surface area (Å²) in [5.74, 6) is 0. The minimum Gasteiger partial charge on any atom is -0.469 e. The molecule has 3 heteroatoms. The van der Waals surface area contributed by atoms with Gasteiger partial charge in [-0.3, -0.25) is 0 Å². The quantitative estimate of drug-likeness (QED) is 0.639. The zero-order chi connectivity index (χ0) is 9.52. The molecular formula is C10H13NOS. The Morgan fingerprint density at radius 3 is 2.23 bits per heavy atom. The normalized spacial score (nSPS) is 13.8. The van der Waals surface area contributed by atoms with Gasteiger partial charge in [-0.1, -0.05) is 35.9 Å². The van der Waals surface area contributed by atoms with E-state index in [2.05, 4.69) is 36.6 Å². The van der Waals surface area contributed by atoms with Gasteiger partial charge in [-0.2, -0.15) is 0 Å². The van der Waals surface area contributed by atoms with Crippen molar-refractivity contribution < 1.29 is 4.74 Å². The number of nitrogens with one attached hydrogen (secondary N) is 1. The van der Waals surface area contributed by atoms with Crippen molar-refractivity contribution in [3.63, 3.8) is 0 Å². The van der Waals surface area contributed by atoms with Gasteiger partial charge in [0.2, 0.25) is 0 Å². The van der Waals surface area contributed by atoms with Crippen LogP contribution in [-0.2, 0) is 4.74 Å². The summed E-state index contributed by atoms with van der Waals surface area (Å²) in [6.07, 6.45) is 0. The van der Waals surface area contributed by atoms with Crippen molar-refractivity contribution >= 4 is 17.4 Å². The van der Waals surface area contributed by atoms with Gasteiger partial charge < -0.3 is 10.1 Å². The van der Waals surface area contributed by atoms with Gasteiger partial charge in [-0.25, -0.2) is 0 Å². The SMILES string of the molecule is Cc1ccccc1.S=C1NCCO1. The fourth-order valence-electron chi connectivity index (χ4n) is 0.882. The molecule has 70 valence electrons. The molecule has 0 bridgehead atoms. The summed E-state index contributed by atoms with van der Waals surface area (Å²) in [7, 11) is 0. The molecule has 1 aliphatic rings. The van der Waals surface area contributed by atoms with Crippen LogP contribution in [0.2, 0.25) is 0 Å². The van der Waals surface area contributed by atoms with Gasteiger partial charge in [0.15, 0.2) is 0 Å². The van der Waals surface area contributed by atoms with Crippen LogP contribution in [0.4, 0.5) is 0 Å². The average molecular weight is 195 g/mol. The van der Waals surface area contributed by atoms with Crippen LogP contribution in [0, 0.1) is 6.92 Å². The smallest absolute Gasteiger partial charge is 0.256 e. The Kier molecular flexibility index (Phi) is 4.26. The Morgan fingerprint density at radius 1 is 1.31 bits per heavy atom. The van der Waals surface area contributed by atoms with E-state index in [1.807, 2.05) is 18.2 Å². The Morgan fingerprint density at radius 2 is 2.00 bits per heavy atom. The zero-order valence-electron chi connectivity index (χ0n) is 7.62. The van der Waals surface area contributed by atoms with Crippen molar-refractivity contribution in [1.82, 2.24) is 5.32 Å². The highest BCUT2D eigenvalue weighted by molar-refractivity contribution is 7.80. The molecule has 0 radical (unpaired) electrons. The molecule has 0 aliphatic carbocycles. The van der Waals surface area contributed by atoms with Crippen LogP contribution >= 0.6 is 12.2 Å². The highest BCUT2D eigenvalue weighted by Gasteiger charge is 2.01. The standard InChI is InChI=1S/C7H8.C3H5NOS/c1-7-5-3-2-4-6-7;6-3-4-1-2-5-3/h2-6H,1H3;1-2H2,(H,4,6). The molecule has 0 aromatic heterocycles. The maximum Gasteiger partial charge on any atom is 0.256 e. The Labute approximate surface area is 83.9 Å². The van der Waals surface area contributed by atoms with Gasteiger partial charge in [-0.15, -0.1) is 0 Å². The second-order valence-electron chi connectivity index (χ2n) is 2.72. The highest BCUT2D eigenvalue weighted by Crippen LogP contribution is 1.92. The molecule has 1 aromatic carbocycles. The van der Waals surface area contributed by atoms with Gasteiger partial charge in [0, 0.05) is 0 Å². The first-order valence-electron chi connectivity index (χ1n) is 4.21. The summed E-state index contributed by atoms with van der Waals surface area (Å²) in [5.41, 5.74) is 1.32. The number of hydrogen-bond acceptors (Lipinski definition) is 2. The van der Waals surface area contributed by atoms with Crippen molar-refractivity contribution in [3.05, 3.63) is 35.9 Å². The van der Waals surface area contributed by atoms with E-state index in [-0.39, 0.29) is 0 Å². The molecule has 0 amide bonds. The molecule has 1 fully saturated rings. The third kappa shape index (κ3) is 4.48. The molecule has 2 nitrogen and oxygen atoms in total. The van der Waals surface area contributed by atoms with Crippen LogP contribution in [-0.4, -0.2) is 18.3 Å². The number of ether oxygens (including phenoxy) is 1. The first kappa shape index (κ1) is 9.99.